The molecule has 8 bridgehead atoms. The number of hydrogen-bond acceptors (Lipinski definition) is 2. The zero-order valence-corrected chi connectivity index (χ0v) is 18.1. The van der Waals surface area contributed by atoms with Crippen molar-refractivity contribution in [2.75, 3.05) is 0 Å². The second-order valence-corrected chi connectivity index (χ2v) is 8.36. The predicted molar refractivity (Wildman–Crippen MR) is 138 cm³/mol. The monoisotopic (exact) mass is 440 g/mol. The molecule has 0 radical (unpaired) electrons. The second kappa shape index (κ2) is 7.35. The average Bonchev–Trinajstić information content (AvgIpc) is 3.68. The number of aromatic amines is 4. The molecule has 0 aliphatic rings. The topological polar surface area (TPSA) is 88.9 Å². The van der Waals surface area contributed by atoms with E-state index < -0.39 is 0 Å². The van der Waals surface area contributed by atoms with Gasteiger partial charge in [0, 0.05) is 58.0 Å². The molecule has 4 N–H and O–H groups in total. The molecule has 0 fully saturated rings. The van der Waals surface area contributed by atoms with E-state index in [9.17, 15) is 0 Å². The molecule has 34 heavy (non-hydrogen) atoms. The third-order valence-corrected chi connectivity index (χ3v) is 6.34. The van der Waals surface area contributed by atoms with Gasteiger partial charge in [0.1, 0.15) is 0 Å². The van der Waals surface area contributed by atoms with Gasteiger partial charge in [-0.2, -0.15) is 0 Å². The first-order valence-corrected chi connectivity index (χ1v) is 11.2. The van der Waals surface area contributed by atoms with Crippen LogP contribution >= 0.6 is 0 Å². The lowest BCUT2D eigenvalue weighted by Gasteiger charge is -2.02. The number of H-pyrrole nitrogens is 4. The standard InChI is InChI=1S/C28H20N6/c1-5-23-27(17-9-13-29-14-10-17)24-7-3-21(33-24)22-4-8-26(34-22)28(18-11-15-30-16-12-18)25-6-2-20(32-25)19(1)31-23/h1-16,31-34H. The van der Waals surface area contributed by atoms with E-state index in [0.717, 1.165) is 66.4 Å². The lowest BCUT2D eigenvalue weighted by molar-refractivity contribution is 1.33. The van der Waals surface area contributed by atoms with Gasteiger partial charge in [-0.25, -0.2) is 0 Å². The Morgan fingerprint density at radius 2 is 0.588 bits per heavy atom. The van der Waals surface area contributed by atoms with Crippen LogP contribution in [-0.4, -0.2) is 29.9 Å². The summed E-state index contributed by atoms with van der Waals surface area (Å²) in [5.41, 5.74) is 12.6. The number of pyridine rings is 2. The highest BCUT2D eigenvalue weighted by Crippen LogP contribution is 2.32. The molecule has 0 aliphatic heterocycles. The Morgan fingerprint density at radius 3 is 0.882 bits per heavy atom. The second-order valence-electron chi connectivity index (χ2n) is 8.36. The highest BCUT2D eigenvalue weighted by molar-refractivity contribution is 5.99. The molecule has 7 rings (SSSR count). The summed E-state index contributed by atoms with van der Waals surface area (Å²) in [5.74, 6) is 0. The summed E-state index contributed by atoms with van der Waals surface area (Å²) in [4.78, 5) is 22.9. The van der Waals surface area contributed by atoms with Crippen molar-refractivity contribution in [1.82, 2.24) is 29.9 Å². The van der Waals surface area contributed by atoms with Gasteiger partial charge in [-0.1, -0.05) is 0 Å². The molecule has 0 aromatic carbocycles. The van der Waals surface area contributed by atoms with Crippen molar-refractivity contribution in [2.24, 2.45) is 0 Å². The molecule has 0 spiro atoms. The molecule has 162 valence electrons. The smallest absolute Gasteiger partial charge is 0.0624 e. The van der Waals surface area contributed by atoms with Crippen LogP contribution in [0.2, 0.25) is 0 Å². The van der Waals surface area contributed by atoms with Crippen LogP contribution in [0.1, 0.15) is 0 Å². The lowest BCUT2D eigenvalue weighted by atomic mass is 10.1. The van der Waals surface area contributed by atoms with E-state index in [4.69, 9.17) is 0 Å². The average molecular weight is 441 g/mol. The van der Waals surface area contributed by atoms with Gasteiger partial charge >= 0.3 is 0 Å². The van der Waals surface area contributed by atoms with Crippen molar-refractivity contribution in [3.63, 3.8) is 0 Å². The predicted octanol–water partition coefficient (Wildman–Crippen LogP) is 6.86. The fraction of sp³-hybridized carbons (Fsp3) is 0. The van der Waals surface area contributed by atoms with Gasteiger partial charge in [-0.05, 0) is 83.9 Å². The van der Waals surface area contributed by atoms with Gasteiger partial charge < -0.3 is 19.9 Å². The number of nitrogens with one attached hydrogen (secondary N) is 4. The maximum absolute atomic E-state index is 4.20. The minimum atomic E-state index is 1.03. The van der Waals surface area contributed by atoms with Crippen LogP contribution in [0.5, 0.6) is 0 Å². The first-order valence-electron chi connectivity index (χ1n) is 11.2. The van der Waals surface area contributed by atoms with Gasteiger partial charge in [0.2, 0.25) is 0 Å². The maximum Gasteiger partial charge on any atom is 0.0624 e. The fourth-order valence-electron chi connectivity index (χ4n) is 4.74. The third kappa shape index (κ3) is 2.97. The molecule has 7 heterocycles. The molecule has 6 nitrogen and oxygen atoms in total. The van der Waals surface area contributed by atoms with E-state index in [1.54, 1.807) is 0 Å². The molecule has 7 aromatic rings. The van der Waals surface area contributed by atoms with Crippen LogP contribution in [0.3, 0.4) is 0 Å². The number of hydrogen-bond donors (Lipinski definition) is 4. The zero-order valence-electron chi connectivity index (χ0n) is 18.1. The molecule has 0 amide bonds. The van der Waals surface area contributed by atoms with Crippen molar-refractivity contribution in [2.45, 2.75) is 0 Å². The first-order chi connectivity index (χ1) is 16.8. The molecule has 7 aromatic heterocycles. The summed E-state index contributed by atoms with van der Waals surface area (Å²) in [6.45, 7) is 0. The molecule has 0 unspecified atom stereocenters. The Morgan fingerprint density at radius 1 is 0.324 bits per heavy atom. The van der Waals surface area contributed by atoms with Crippen LogP contribution in [-0.2, 0) is 0 Å². The maximum atomic E-state index is 4.20. The van der Waals surface area contributed by atoms with Gasteiger partial charge in [0.15, 0.2) is 0 Å². The van der Waals surface area contributed by atoms with Crippen LogP contribution in [0.15, 0.2) is 97.6 Å². The summed E-state index contributed by atoms with van der Waals surface area (Å²) in [7, 11) is 0. The van der Waals surface area contributed by atoms with Crippen molar-refractivity contribution < 1.29 is 0 Å². The number of rotatable bonds is 2. The Labute approximate surface area is 194 Å². The van der Waals surface area contributed by atoms with Crippen LogP contribution in [0.4, 0.5) is 0 Å². The largest absolute Gasteiger partial charge is 0.353 e. The third-order valence-electron chi connectivity index (χ3n) is 6.34. The quantitative estimate of drug-likeness (QED) is 0.237. The summed E-state index contributed by atoms with van der Waals surface area (Å²) in [5, 5.41) is 0. The molecule has 0 saturated carbocycles. The minimum absolute atomic E-state index is 1.03. The van der Waals surface area contributed by atoms with Crippen LogP contribution in [0, 0.1) is 0 Å². The van der Waals surface area contributed by atoms with Crippen molar-refractivity contribution in [3.05, 3.63) is 97.6 Å². The number of aromatic nitrogens is 6. The van der Waals surface area contributed by atoms with Crippen molar-refractivity contribution in [3.8, 4) is 22.3 Å². The van der Waals surface area contributed by atoms with E-state index in [1.165, 1.54) is 0 Å². The minimum Gasteiger partial charge on any atom is -0.353 e. The van der Waals surface area contributed by atoms with E-state index in [0.29, 0.717) is 0 Å². The van der Waals surface area contributed by atoms with Crippen molar-refractivity contribution in [1.29, 1.82) is 0 Å². The van der Waals surface area contributed by atoms with Gasteiger partial charge in [0.25, 0.3) is 0 Å². The van der Waals surface area contributed by atoms with Crippen LogP contribution in [0.25, 0.3) is 66.4 Å². The highest BCUT2D eigenvalue weighted by atomic mass is 14.8. The van der Waals surface area contributed by atoms with E-state index in [2.05, 4.69) is 78.4 Å². The number of nitrogens with zero attached hydrogens (tertiary/aromatic N) is 2. The van der Waals surface area contributed by atoms with Gasteiger partial charge in [-0.15, -0.1) is 0 Å². The molecule has 6 heteroatoms. The summed E-state index contributed by atoms with van der Waals surface area (Å²) in [6, 6.07) is 25.1. The molecule has 0 aliphatic carbocycles. The normalized spacial score (nSPS) is 11.5. The SMILES string of the molecule is c1cc(-c2c3ccc([nH]3)c3ccc([nH]3)c(-c3ccncc3)c3ccc([nH]3)c3ccc2[nH]3)ccn1. The summed E-state index contributed by atoms with van der Waals surface area (Å²) >= 11 is 0. The Kier molecular flexibility index (Phi) is 4.04. The zero-order chi connectivity index (χ0) is 22.5. The van der Waals surface area contributed by atoms with E-state index in [-0.39, 0.29) is 0 Å². The summed E-state index contributed by atoms with van der Waals surface area (Å²) < 4.78 is 0. The summed E-state index contributed by atoms with van der Waals surface area (Å²) in [6.07, 6.45) is 7.30. The molecule has 0 saturated heterocycles. The first kappa shape index (κ1) is 18.7. The highest BCUT2D eigenvalue weighted by Gasteiger charge is 2.10. The van der Waals surface area contributed by atoms with Crippen LogP contribution < -0.4 is 0 Å². The molecular formula is C28H20N6. The van der Waals surface area contributed by atoms with E-state index in [1.807, 2.05) is 49.1 Å². The van der Waals surface area contributed by atoms with Crippen molar-refractivity contribution >= 4 is 44.1 Å². The van der Waals surface area contributed by atoms with Gasteiger partial charge in [-0.3, -0.25) is 9.97 Å². The molecule has 0 atom stereocenters. The molecular weight excluding hydrogens is 420 g/mol. The van der Waals surface area contributed by atoms with E-state index >= 15 is 0 Å². The number of fused-ring (bicyclic) bond motifs is 10. The Hall–Kier alpha value is -4.84. The van der Waals surface area contributed by atoms with Gasteiger partial charge in [0.05, 0.1) is 22.1 Å². The lowest BCUT2D eigenvalue weighted by Crippen LogP contribution is -1.82. The fourth-order valence-corrected chi connectivity index (χ4v) is 4.74. The Bertz CT molecular complexity index is 1620. The Balaban J connectivity index is 1.66.